The number of amides is 2. The van der Waals surface area contributed by atoms with E-state index in [0.29, 0.717) is 17.1 Å². The molecule has 0 radical (unpaired) electrons. The number of fused-ring (bicyclic) bond motifs is 1. The summed E-state index contributed by atoms with van der Waals surface area (Å²) in [6.07, 6.45) is 0.436. The Labute approximate surface area is 192 Å². The van der Waals surface area contributed by atoms with Gasteiger partial charge in [0.05, 0.1) is 41.5 Å². The van der Waals surface area contributed by atoms with Crippen LogP contribution >= 0.6 is 11.6 Å². The van der Waals surface area contributed by atoms with Gasteiger partial charge < -0.3 is 24.8 Å². The number of likely N-dealkylation sites (tertiary alicyclic amines) is 1. The number of halogens is 1. The second-order valence-corrected chi connectivity index (χ2v) is 9.61. The largest absolute Gasteiger partial charge is 0.466 e. The van der Waals surface area contributed by atoms with Crippen LogP contribution in [0.25, 0.3) is 0 Å². The van der Waals surface area contributed by atoms with Gasteiger partial charge in [-0.25, -0.2) is 0 Å². The van der Waals surface area contributed by atoms with Gasteiger partial charge in [-0.2, -0.15) is 0 Å². The number of nitrogens with one attached hydrogen (secondary N) is 1. The van der Waals surface area contributed by atoms with E-state index in [2.05, 4.69) is 5.32 Å². The lowest BCUT2D eigenvalue weighted by Crippen LogP contribution is -2.56. The molecule has 0 aromatic heterocycles. The number of aliphatic hydroxyl groups excluding tert-OH is 1. The molecule has 7 atom stereocenters. The quantitative estimate of drug-likeness (QED) is 0.625. The fourth-order valence-corrected chi connectivity index (χ4v) is 6.08. The predicted octanol–water partition coefficient (Wildman–Crippen LogP) is 2.23. The van der Waals surface area contributed by atoms with Crippen molar-refractivity contribution in [1.29, 1.82) is 0 Å². The van der Waals surface area contributed by atoms with Crippen LogP contribution < -0.4 is 5.32 Å². The predicted molar refractivity (Wildman–Crippen MR) is 117 cm³/mol. The maximum atomic E-state index is 13.7. The van der Waals surface area contributed by atoms with Gasteiger partial charge in [-0.3, -0.25) is 14.4 Å². The summed E-state index contributed by atoms with van der Waals surface area (Å²) in [6.45, 7) is 7.01. The van der Waals surface area contributed by atoms with E-state index in [9.17, 15) is 19.5 Å². The van der Waals surface area contributed by atoms with Crippen LogP contribution in [-0.4, -0.2) is 64.3 Å². The minimum atomic E-state index is -1.20. The van der Waals surface area contributed by atoms with Gasteiger partial charge in [0, 0.05) is 0 Å². The molecule has 9 heteroatoms. The first-order chi connectivity index (χ1) is 15.1. The summed E-state index contributed by atoms with van der Waals surface area (Å²) in [5.74, 6) is -3.11. The molecule has 3 saturated heterocycles. The SMILES string of the molecule is CCOC(=O)[C@@H]1[C@H]2C(=O)N([C@H](C)CO)C(C(=O)Nc3ccccc3Cl)C23CC(C)[C@@]1(C)O3. The number of hydrogen-bond donors (Lipinski definition) is 2. The Morgan fingerprint density at radius 2 is 2.09 bits per heavy atom. The van der Waals surface area contributed by atoms with E-state index in [1.807, 2.05) is 13.8 Å². The third-order valence-electron chi connectivity index (χ3n) is 7.41. The highest BCUT2D eigenvalue weighted by molar-refractivity contribution is 6.33. The number of aliphatic hydroxyl groups is 1. The van der Waals surface area contributed by atoms with Crippen LogP contribution in [0.4, 0.5) is 5.69 Å². The lowest BCUT2D eigenvalue weighted by Gasteiger charge is -2.36. The smallest absolute Gasteiger partial charge is 0.312 e. The van der Waals surface area contributed by atoms with Crippen LogP contribution in [0.3, 0.4) is 0 Å². The average Bonchev–Trinajstić information content (AvgIpc) is 3.26. The van der Waals surface area contributed by atoms with E-state index in [0.717, 1.165) is 0 Å². The molecular weight excluding hydrogens is 436 g/mol. The van der Waals surface area contributed by atoms with E-state index in [1.54, 1.807) is 38.1 Å². The number of para-hydroxylation sites is 1. The summed E-state index contributed by atoms with van der Waals surface area (Å²) in [4.78, 5) is 41.7. The van der Waals surface area contributed by atoms with Gasteiger partial charge in [-0.05, 0) is 45.2 Å². The fourth-order valence-electron chi connectivity index (χ4n) is 5.89. The zero-order valence-electron chi connectivity index (χ0n) is 18.6. The molecule has 4 rings (SSSR count). The normalized spacial score (nSPS) is 36.2. The topological polar surface area (TPSA) is 105 Å². The van der Waals surface area contributed by atoms with Gasteiger partial charge in [0.25, 0.3) is 0 Å². The summed E-state index contributed by atoms with van der Waals surface area (Å²) in [5.41, 5.74) is -1.71. The van der Waals surface area contributed by atoms with Crippen LogP contribution in [0.1, 0.15) is 34.1 Å². The maximum absolute atomic E-state index is 13.7. The maximum Gasteiger partial charge on any atom is 0.312 e. The highest BCUT2D eigenvalue weighted by atomic mass is 35.5. The molecule has 3 unspecified atom stereocenters. The molecule has 3 aliphatic heterocycles. The van der Waals surface area contributed by atoms with Crippen LogP contribution in [-0.2, 0) is 23.9 Å². The Balaban J connectivity index is 1.80. The van der Waals surface area contributed by atoms with Gasteiger partial charge in [-0.15, -0.1) is 0 Å². The Hall–Kier alpha value is -2.16. The second kappa shape index (κ2) is 8.01. The molecule has 2 amide bonds. The van der Waals surface area contributed by atoms with Crippen molar-refractivity contribution in [2.24, 2.45) is 17.8 Å². The first kappa shape index (κ1) is 23.0. The van der Waals surface area contributed by atoms with Crippen LogP contribution in [0.5, 0.6) is 0 Å². The molecule has 3 heterocycles. The molecule has 1 aromatic rings. The lowest BCUT2D eigenvalue weighted by atomic mass is 9.62. The van der Waals surface area contributed by atoms with Crippen molar-refractivity contribution < 1.29 is 29.0 Å². The molecule has 0 aliphatic carbocycles. The number of esters is 1. The summed E-state index contributed by atoms with van der Waals surface area (Å²) >= 11 is 6.24. The van der Waals surface area contributed by atoms with Crippen molar-refractivity contribution >= 4 is 35.1 Å². The number of carbonyl (C=O) groups is 3. The van der Waals surface area contributed by atoms with E-state index in [1.165, 1.54) is 4.90 Å². The van der Waals surface area contributed by atoms with E-state index in [4.69, 9.17) is 21.1 Å². The van der Waals surface area contributed by atoms with Gasteiger partial charge in [0.1, 0.15) is 17.6 Å². The van der Waals surface area contributed by atoms with Gasteiger partial charge in [0.2, 0.25) is 11.8 Å². The molecule has 32 heavy (non-hydrogen) atoms. The zero-order chi connectivity index (χ0) is 23.4. The van der Waals surface area contributed by atoms with E-state index < -0.39 is 47.0 Å². The zero-order valence-corrected chi connectivity index (χ0v) is 19.4. The van der Waals surface area contributed by atoms with Gasteiger partial charge >= 0.3 is 5.97 Å². The molecule has 1 spiro atoms. The standard InChI is InChI=1S/C23H29ClN2O6/c1-5-31-21(30)17-16-20(29)26(13(3)11-27)18(23(16)10-12(2)22(17,4)32-23)19(28)25-15-9-7-6-8-14(15)24/h6-9,12-13,16-18,27H,5,10-11H2,1-4H3,(H,25,28)/t12?,13-,16+,17+,18?,22-,23?/m1/s1. The Bertz CT molecular complexity index is 956. The highest BCUT2D eigenvalue weighted by Crippen LogP contribution is 2.65. The minimum absolute atomic E-state index is 0.0825. The molecular formula is C23H29ClN2O6. The number of nitrogens with zero attached hydrogens (tertiary/aromatic N) is 1. The summed E-state index contributed by atoms with van der Waals surface area (Å²) in [7, 11) is 0. The van der Waals surface area contributed by atoms with Crippen molar-refractivity contribution in [2.45, 2.75) is 57.4 Å². The Morgan fingerprint density at radius 3 is 2.72 bits per heavy atom. The molecule has 1 aromatic carbocycles. The molecule has 0 saturated carbocycles. The first-order valence-electron chi connectivity index (χ1n) is 11.0. The molecule has 2 N–H and O–H groups in total. The van der Waals surface area contributed by atoms with Crippen molar-refractivity contribution in [3.8, 4) is 0 Å². The average molecular weight is 465 g/mol. The van der Waals surface area contributed by atoms with Gasteiger partial charge in [-0.1, -0.05) is 30.7 Å². The molecule has 3 aliphatic rings. The minimum Gasteiger partial charge on any atom is -0.466 e. The monoisotopic (exact) mass is 464 g/mol. The number of anilines is 1. The highest BCUT2D eigenvalue weighted by Gasteiger charge is 2.80. The number of benzene rings is 1. The number of rotatable bonds is 6. The van der Waals surface area contributed by atoms with Crippen LogP contribution in [0.2, 0.25) is 5.02 Å². The molecule has 174 valence electrons. The van der Waals surface area contributed by atoms with Crippen molar-refractivity contribution in [1.82, 2.24) is 4.90 Å². The third-order valence-corrected chi connectivity index (χ3v) is 7.74. The van der Waals surface area contributed by atoms with Crippen molar-refractivity contribution in [3.63, 3.8) is 0 Å². The number of hydrogen-bond acceptors (Lipinski definition) is 6. The summed E-state index contributed by atoms with van der Waals surface area (Å²) in [5, 5.41) is 13.0. The second-order valence-electron chi connectivity index (χ2n) is 9.20. The number of ether oxygens (including phenoxy) is 2. The van der Waals surface area contributed by atoms with E-state index >= 15 is 0 Å². The van der Waals surface area contributed by atoms with E-state index in [-0.39, 0.29) is 25.0 Å². The first-order valence-corrected chi connectivity index (χ1v) is 11.3. The lowest BCUT2D eigenvalue weighted by molar-refractivity contribution is -0.161. The summed E-state index contributed by atoms with van der Waals surface area (Å²) in [6, 6.07) is 5.16. The van der Waals surface area contributed by atoms with Crippen molar-refractivity contribution in [3.05, 3.63) is 29.3 Å². The molecule has 3 fully saturated rings. The van der Waals surface area contributed by atoms with Crippen LogP contribution in [0, 0.1) is 17.8 Å². The third kappa shape index (κ3) is 3.07. The van der Waals surface area contributed by atoms with Gasteiger partial charge in [0.15, 0.2) is 0 Å². The van der Waals surface area contributed by atoms with Crippen molar-refractivity contribution in [2.75, 3.05) is 18.5 Å². The summed E-state index contributed by atoms with van der Waals surface area (Å²) < 4.78 is 11.8. The molecule has 8 nitrogen and oxygen atoms in total. The van der Waals surface area contributed by atoms with Crippen LogP contribution in [0.15, 0.2) is 24.3 Å². The fraction of sp³-hybridized carbons (Fsp3) is 0.609. The Kier molecular flexibility index (Phi) is 5.76. The molecule has 2 bridgehead atoms. The Morgan fingerprint density at radius 1 is 1.41 bits per heavy atom. The number of carbonyl (C=O) groups excluding carboxylic acids is 3.